The molecule has 0 saturated heterocycles. The quantitative estimate of drug-likeness (QED) is 0.0234. The summed E-state index contributed by atoms with van der Waals surface area (Å²) in [4.78, 5) is 35.1. The molecule has 59 heavy (non-hydrogen) atoms. The molecule has 0 aliphatic carbocycles. The van der Waals surface area contributed by atoms with Crippen molar-refractivity contribution in [1.82, 2.24) is 0 Å². The van der Waals surface area contributed by atoms with Crippen molar-refractivity contribution < 1.29 is 47.8 Å². The van der Waals surface area contributed by atoms with E-state index in [9.17, 15) is 24.2 Å². The van der Waals surface area contributed by atoms with Crippen LogP contribution in [0, 0.1) is 0 Å². The Morgan fingerprint density at radius 1 is 0.508 bits per heavy atom. The Hall–Kier alpha value is -1.81. The maximum Gasteiger partial charge on any atom is 0.472 e. The van der Waals surface area contributed by atoms with Gasteiger partial charge in [0, 0.05) is 12.8 Å². The molecule has 346 valence electrons. The van der Waals surface area contributed by atoms with E-state index in [0.717, 1.165) is 57.8 Å². The normalized spacial score (nSPS) is 14.1. The van der Waals surface area contributed by atoms with E-state index in [-0.39, 0.29) is 19.4 Å². The van der Waals surface area contributed by atoms with E-state index in [1.54, 1.807) is 0 Å². The molecule has 11 heteroatoms. The lowest BCUT2D eigenvalue weighted by Crippen LogP contribution is -2.29. The molecule has 0 heterocycles. The van der Waals surface area contributed by atoms with Crippen molar-refractivity contribution in [3.63, 3.8) is 0 Å². The first-order valence-electron chi connectivity index (χ1n) is 23.9. The van der Waals surface area contributed by atoms with Gasteiger partial charge in [-0.05, 0) is 51.4 Å². The Morgan fingerprint density at radius 3 is 1.36 bits per heavy atom. The predicted molar refractivity (Wildman–Crippen MR) is 242 cm³/mol. The van der Waals surface area contributed by atoms with Gasteiger partial charge in [0.2, 0.25) is 0 Å². The first-order valence-corrected chi connectivity index (χ1v) is 25.4. The molecule has 0 aliphatic heterocycles. The molecule has 0 amide bonds. The number of allylic oxidation sites excluding steroid dienone is 6. The standard InChI is InChI=1S/C48H89O10P/c1-3-5-7-9-11-13-15-17-19-21-22-24-26-28-30-32-34-36-38-40-48(52)58-46(44-57-59(53,54)56-42-45(50)41-49)43-55-47(51)39-37-35-33-31-29-27-25-23-20-18-16-14-12-10-8-6-4-2/h12,14,18,20,25,27,45-46,49-50H,3-11,13,15-17,19,21-24,26,28-44H2,1-2H3,(H,53,54)/b14-12+,20-18+,27-25+/t45-,46+/m0/s1. The summed E-state index contributed by atoms with van der Waals surface area (Å²) in [6, 6.07) is 0. The lowest BCUT2D eigenvalue weighted by atomic mass is 10.0. The van der Waals surface area contributed by atoms with Gasteiger partial charge in [0.15, 0.2) is 6.10 Å². The minimum absolute atomic E-state index is 0.183. The van der Waals surface area contributed by atoms with Gasteiger partial charge < -0.3 is 24.6 Å². The highest BCUT2D eigenvalue weighted by Crippen LogP contribution is 2.43. The number of phosphoric ester groups is 1. The second-order valence-electron chi connectivity index (χ2n) is 16.1. The van der Waals surface area contributed by atoms with Crippen LogP contribution in [0.4, 0.5) is 0 Å². The van der Waals surface area contributed by atoms with Crippen LogP contribution in [0.3, 0.4) is 0 Å². The van der Waals surface area contributed by atoms with Gasteiger partial charge in [0.25, 0.3) is 0 Å². The summed E-state index contributed by atoms with van der Waals surface area (Å²) in [6.07, 6.45) is 46.8. The van der Waals surface area contributed by atoms with Gasteiger partial charge in [0.05, 0.1) is 19.8 Å². The van der Waals surface area contributed by atoms with Crippen LogP contribution in [0.5, 0.6) is 0 Å². The zero-order valence-corrected chi connectivity index (χ0v) is 38.6. The van der Waals surface area contributed by atoms with E-state index in [4.69, 9.17) is 23.6 Å². The van der Waals surface area contributed by atoms with E-state index < -0.39 is 51.8 Å². The van der Waals surface area contributed by atoms with E-state index in [0.29, 0.717) is 12.8 Å². The van der Waals surface area contributed by atoms with Crippen molar-refractivity contribution in [3.05, 3.63) is 36.5 Å². The summed E-state index contributed by atoms with van der Waals surface area (Å²) in [6.45, 7) is 2.36. The van der Waals surface area contributed by atoms with Crippen molar-refractivity contribution in [3.8, 4) is 0 Å². The van der Waals surface area contributed by atoms with Crippen LogP contribution in [-0.4, -0.2) is 65.7 Å². The third-order valence-corrected chi connectivity index (χ3v) is 11.2. The largest absolute Gasteiger partial charge is 0.472 e. The SMILES string of the molecule is CCCCC/C=C/C/C=C/C/C=C/CCCCCCC(=O)OC[C@H](COP(=O)(O)OC[C@@H](O)CO)OC(=O)CCCCCCCCCCCCCCCCCCCCC. The zero-order chi connectivity index (χ0) is 43.3. The van der Waals surface area contributed by atoms with Crippen LogP contribution < -0.4 is 0 Å². The first kappa shape index (κ1) is 57.2. The molecule has 0 radical (unpaired) electrons. The van der Waals surface area contributed by atoms with Crippen molar-refractivity contribution in [2.75, 3.05) is 26.4 Å². The summed E-state index contributed by atoms with van der Waals surface area (Å²) in [5, 5.41) is 18.4. The fourth-order valence-electron chi connectivity index (χ4n) is 6.59. The number of carbonyl (C=O) groups is 2. The second kappa shape index (κ2) is 44.3. The van der Waals surface area contributed by atoms with Crippen LogP contribution in [0.1, 0.15) is 219 Å². The number of hydrogen-bond donors (Lipinski definition) is 3. The summed E-state index contributed by atoms with van der Waals surface area (Å²) < 4.78 is 32.8. The lowest BCUT2D eigenvalue weighted by Gasteiger charge is -2.20. The molecular weight excluding hydrogens is 767 g/mol. The maximum absolute atomic E-state index is 12.7. The molecular formula is C48H89O10P. The van der Waals surface area contributed by atoms with Gasteiger partial charge in [-0.1, -0.05) is 192 Å². The number of rotatable bonds is 45. The van der Waals surface area contributed by atoms with Crippen LogP contribution >= 0.6 is 7.82 Å². The maximum atomic E-state index is 12.7. The molecule has 1 unspecified atom stereocenters. The van der Waals surface area contributed by atoms with E-state index in [1.807, 2.05) is 0 Å². The Labute approximate surface area is 361 Å². The Balaban J connectivity index is 4.25. The molecule has 0 fully saturated rings. The van der Waals surface area contributed by atoms with Crippen molar-refractivity contribution in [1.29, 1.82) is 0 Å². The van der Waals surface area contributed by atoms with Crippen LogP contribution in [0.2, 0.25) is 0 Å². The molecule has 10 nitrogen and oxygen atoms in total. The highest BCUT2D eigenvalue weighted by atomic mass is 31.2. The Bertz CT molecular complexity index is 1080. The average Bonchev–Trinajstić information content (AvgIpc) is 3.22. The van der Waals surface area contributed by atoms with Gasteiger partial charge >= 0.3 is 19.8 Å². The lowest BCUT2D eigenvalue weighted by molar-refractivity contribution is -0.161. The number of hydrogen-bond acceptors (Lipinski definition) is 9. The van der Waals surface area contributed by atoms with Crippen molar-refractivity contribution >= 4 is 19.8 Å². The minimum Gasteiger partial charge on any atom is -0.462 e. The average molecular weight is 857 g/mol. The summed E-state index contributed by atoms with van der Waals surface area (Å²) in [7, 11) is -4.62. The van der Waals surface area contributed by atoms with Crippen molar-refractivity contribution in [2.45, 2.75) is 232 Å². The van der Waals surface area contributed by atoms with Crippen LogP contribution in [-0.2, 0) is 32.7 Å². The molecule has 0 bridgehead atoms. The smallest absolute Gasteiger partial charge is 0.462 e. The first-order chi connectivity index (χ1) is 28.7. The molecule has 3 N–H and O–H groups in total. The van der Waals surface area contributed by atoms with E-state index >= 15 is 0 Å². The molecule has 3 atom stereocenters. The highest BCUT2D eigenvalue weighted by molar-refractivity contribution is 7.47. The van der Waals surface area contributed by atoms with Gasteiger partial charge in [-0.2, -0.15) is 0 Å². The number of esters is 2. The molecule has 0 saturated carbocycles. The second-order valence-corrected chi connectivity index (χ2v) is 17.6. The fraction of sp³-hybridized carbons (Fsp3) is 0.833. The van der Waals surface area contributed by atoms with Crippen LogP contribution in [0.25, 0.3) is 0 Å². The fourth-order valence-corrected chi connectivity index (χ4v) is 7.38. The molecule has 0 aromatic carbocycles. The Morgan fingerprint density at radius 2 is 0.881 bits per heavy atom. The topological polar surface area (TPSA) is 149 Å². The number of carbonyl (C=O) groups excluding carboxylic acids is 2. The number of aliphatic hydroxyl groups is 2. The monoisotopic (exact) mass is 857 g/mol. The van der Waals surface area contributed by atoms with Gasteiger partial charge in [-0.15, -0.1) is 0 Å². The van der Waals surface area contributed by atoms with E-state index in [1.165, 1.54) is 122 Å². The molecule has 0 spiro atoms. The van der Waals surface area contributed by atoms with Gasteiger partial charge in [-0.25, -0.2) is 4.57 Å². The van der Waals surface area contributed by atoms with E-state index in [2.05, 4.69) is 50.3 Å². The molecule has 0 aromatic heterocycles. The van der Waals surface area contributed by atoms with Gasteiger partial charge in [-0.3, -0.25) is 18.6 Å². The highest BCUT2D eigenvalue weighted by Gasteiger charge is 2.27. The summed E-state index contributed by atoms with van der Waals surface area (Å²) in [5.74, 6) is -0.941. The third kappa shape index (κ3) is 44.1. The van der Waals surface area contributed by atoms with Crippen LogP contribution in [0.15, 0.2) is 36.5 Å². The minimum atomic E-state index is -4.62. The van der Waals surface area contributed by atoms with Crippen molar-refractivity contribution in [2.24, 2.45) is 0 Å². The predicted octanol–water partition coefficient (Wildman–Crippen LogP) is 13.1. The molecule has 0 aromatic rings. The molecule has 0 aliphatic rings. The Kier molecular flexibility index (Phi) is 42.9. The number of ether oxygens (including phenoxy) is 2. The molecule has 0 rings (SSSR count). The van der Waals surface area contributed by atoms with Gasteiger partial charge in [0.1, 0.15) is 12.7 Å². The number of aliphatic hydroxyl groups excluding tert-OH is 2. The summed E-state index contributed by atoms with van der Waals surface area (Å²) in [5.41, 5.74) is 0. The number of unbranched alkanes of at least 4 members (excludes halogenated alkanes) is 25. The third-order valence-electron chi connectivity index (χ3n) is 10.3. The zero-order valence-electron chi connectivity index (χ0n) is 37.7. The summed E-state index contributed by atoms with van der Waals surface area (Å²) >= 11 is 0. The number of phosphoric acid groups is 1.